The fraction of sp³-hybridized carbons (Fsp3) is 0.300. The lowest BCUT2D eigenvalue weighted by atomic mass is 9.94. The van der Waals surface area contributed by atoms with Gasteiger partial charge in [-0.2, -0.15) is 0 Å². The zero-order valence-electron chi connectivity index (χ0n) is 15.1. The van der Waals surface area contributed by atoms with Gasteiger partial charge in [-0.1, -0.05) is 45.9 Å². The molecule has 0 radical (unpaired) electrons. The van der Waals surface area contributed by atoms with Crippen LogP contribution in [0.4, 0.5) is 16.2 Å². The molecule has 4 N–H and O–H groups in total. The number of amides is 3. The van der Waals surface area contributed by atoms with Crippen LogP contribution in [0.1, 0.15) is 61.0 Å². The van der Waals surface area contributed by atoms with Crippen molar-refractivity contribution >= 4 is 23.3 Å². The van der Waals surface area contributed by atoms with Gasteiger partial charge in [-0.25, -0.2) is 4.79 Å². The van der Waals surface area contributed by atoms with Gasteiger partial charge in [0.2, 0.25) is 0 Å². The number of anilines is 2. The number of hydrogen-bond donors (Lipinski definition) is 3. The molecular formula is C20H25N3O2. The summed E-state index contributed by atoms with van der Waals surface area (Å²) in [5, 5.41) is 5.44. The zero-order chi connectivity index (χ0) is 18.6. The molecule has 0 unspecified atom stereocenters. The number of hydrogen-bond acceptors (Lipinski definition) is 2. The Labute approximate surface area is 148 Å². The lowest BCUT2D eigenvalue weighted by Crippen LogP contribution is -2.20. The zero-order valence-corrected chi connectivity index (χ0v) is 15.1. The third-order valence-corrected chi connectivity index (χ3v) is 4.00. The lowest BCUT2D eigenvalue weighted by Gasteiger charge is -2.17. The Morgan fingerprint density at radius 1 is 0.920 bits per heavy atom. The van der Waals surface area contributed by atoms with Gasteiger partial charge in [0.15, 0.2) is 0 Å². The van der Waals surface area contributed by atoms with Crippen LogP contribution >= 0.6 is 0 Å². The van der Waals surface area contributed by atoms with Crippen molar-refractivity contribution in [2.45, 2.75) is 39.5 Å². The van der Waals surface area contributed by atoms with Crippen molar-refractivity contribution < 1.29 is 9.59 Å². The molecule has 0 atom stereocenters. The Morgan fingerprint density at radius 3 is 2.24 bits per heavy atom. The van der Waals surface area contributed by atoms with Gasteiger partial charge in [-0.05, 0) is 47.2 Å². The van der Waals surface area contributed by atoms with E-state index in [9.17, 15) is 9.59 Å². The quantitative estimate of drug-likeness (QED) is 0.739. The van der Waals surface area contributed by atoms with Gasteiger partial charge in [0, 0.05) is 16.9 Å². The molecule has 0 saturated carbocycles. The molecule has 0 saturated heterocycles. The van der Waals surface area contributed by atoms with Crippen LogP contribution in [0.3, 0.4) is 0 Å². The van der Waals surface area contributed by atoms with Crippen molar-refractivity contribution in [2.75, 3.05) is 10.6 Å². The summed E-state index contributed by atoms with van der Waals surface area (Å²) in [7, 11) is 0. The summed E-state index contributed by atoms with van der Waals surface area (Å²) >= 11 is 0. The molecule has 0 aromatic heterocycles. The van der Waals surface area contributed by atoms with E-state index in [2.05, 4.69) is 44.4 Å². The van der Waals surface area contributed by atoms with E-state index in [1.807, 2.05) is 12.1 Å². The highest BCUT2D eigenvalue weighted by Gasteiger charge is 2.13. The van der Waals surface area contributed by atoms with Crippen molar-refractivity contribution in [2.24, 2.45) is 5.73 Å². The number of urea groups is 1. The Bertz CT molecular complexity index is 782. The number of nitrogens with two attached hydrogens (primary N) is 1. The van der Waals surface area contributed by atoms with Crippen LogP contribution in [0.15, 0.2) is 42.5 Å². The second kappa shape index (κ2) is 7.83. The summed E-state index contributed by atoms with van der Waals surface area (Å²) in [4.78, 5) is 23.5. The summed E-state index contributed by atoms with van der Waals surface area (Å²) in [5.41, 5.74) is 9.20. The second-order valence-corrected chi connectivity index (χ2v) is 6.68. The highest BCUT2D eigenvalue weighted by atomic mass is 16.2. The number of carbonyl (C=O) groups excluding carboxylic acids is 2. The molecule has 2 aromatic carbocycles. The van der Waals surface area contributed by atoms with Crippen LogP contribution in [0.5, 0.6) is 0 Å². The van der Waals surface area contributed by atoms with Crippen LogP contribution in [0.2, 0.25) is 0 Å². The highest BCUT2D eigenvalue weighted by Crippen LogP contribution is 2.29. The molecule has 0 aliphatic rings. The van der Waals surface area contributed by atoms with E-state index >= 15 is 0 Å². The van der Waals surface area contributed by atoms with E-state index in [4.69, 9.17) is 5.73 Å². The van der Waals surface area contributed by atoms with Crippen molar-refractivity contribution in [3.05, 3.63) is 59.2 Å². The standard InChI is InChI=1S/C20H25N3O2/c1-12(2)14-8-9-18(17(11-14)13(3)4)23-19(24)15-6-5-7-16(10-15)22-20(21)25/h5-13H,1-4H3,(H,23,24)(H3,21,22,25). The molecule has 2 rings (SSSR count). The second-order valence-electron chi connectivity index (χ2n) is 6.68. The Kier molecular flexibility index (Phi) is 5.80. The summed E-state index contributed by atoms with van der Waals surface area (Å²) in [5.74, 6) is 0.489. The van der Waals surface area contributed by atoms with Crippen LogP contribution in [-0.4, -0.2) is 11.9 Å². The molecule has 2 aromatic rings. The van der Waals surface area contributed by atoms with Crippen LogP contribution in [0, 0.1) is 0 Å². The van der Waals surface area contributed by atoms with E-state index in [1.165, 1.54) is 5.56 Å². The first-order valence-corrected chi connectivity index (χ1v) is 8.39. The Hall–Kier alpha value is -2.82. The molecule has 3 amide bonds. The molecule has 0 aliphatic carbocycles. The molecule has 5 nitrogen and oxygen atoms in total. The van der Waals surface area contributed by atoms with E-state index in [1.54, 1.807) is 24.3 Å². The molecule has 0 fully saturated rings. The maximum absolute atomic E-state index is 12.6. The molecule has 0 heterocycles. The molecule has 25 heavy (non-hydrogen) atoms. The summed E-state index contributed by atoms with van der Waals surface area (Å²) < 4.78 is 0. The molecule has 0 spiro atoms. The average Bonchev–Trinajstić information content (AvgIpc) is 2.54. The maximum Gasteiger partial charge on any atom is 0.316 e. The number of benzene rings is 2. The smallest absolute Gasteiger partial charge is 0.316 e. The summed E-state index contributed by atoms with van der Waals surface area (Å²) in [6, 6.07) is 12.1. The lowest BCUT2D eigenvalue weighted by molar-refractivity contribution is 0.102. The minimum absolute atomic E-state index is 0.229. The Morgan fingerprint density at radius 2 is 1.64 bits per heavy atom. The minimum atomic E-state index is -0.663. The molecule has 0 bridgehead atoms. The third kappa shape index (κ3) is 4.83. The van der Waals surface area contributed by atoms with E-state index < -0.39 is 6.03 Å². The van der Waals surface area contributed by atoms with Crippen molar-refractivity contribution in [1.29, 1.82) is 0 Å². The monoisotopic (exact) mass is 339 g/mol. The molecule has 5 heteroatoms. The topological polar surface area (TPSA) is 84.2 Å². The first-order valence-electron chi connectivity index (χ1n) is 8.39. The molecule has 0 aliphatic heterocycles. The predicted molar refractivity (Wildman–Crippen MR) is 102 cm³/mol. The highest BCUT2D eigenvalue weighted by molar-refractivity contribution is 6.05. The summed E-state index contributed by atoms with van der Waals surface area (Å²) in [6.45, 7) is 8.50. The van der Waals surface area contributed by atoms with E-state index in [-0.39, 0.29) is 11.8 Å². The van der Waals surface area contributed by atoms with Crippen molar-refractivity contribution in [3.63, 3.8) is 0 Å². The largest absolute Gasteiger partial charge is 0.351 e. The number of rotatable bonds is 5. The van der Waals surface area contributed by atoms with Gasteiger partial charge in [-0.3, -0.25) is 4.79 Å². The fourth-order valence-corrected chi connectivity index (χ4v) is 2.61. The van der Waals surface area contributed by atoms with Gasteiger partial charge in [-0.15, -0.1) is 0 Å². The normalized spacial score (nSPS) is 10.8. The van der Waals surface area contributed by atoms with Gasteiger partial charge in [0.1, 0.15) is 0 Å². The van der Waals surface area contributed by atoms with E-state index in [0.29, 0.717) is 17.2 Å². The van der Waals surface area contributed by atoms with Gasteiger partial charge in [0.05, 0.1) is 0 Å². The van der Waals surface area contributed by atoms with Crippen molar-refractivity contribution in [3.8, 4) is 0 Å². The van der Waals surface area contributed by atoms with Crippen LogP contribution in [0.25, 0.3) is 0 Å². The van der Waals surface area contributed by atoms with Gasteiger partial charge < -0.3 is 16.4 Å². The maximum atomic E-state index is 12.6. The van der Waals surface area contributed by atoms with Crippen LogP contribution in [-0.2, 0) is 0 Å². The van der Waals surface area contributed by atoms with Crippen LogP contribution < -0.4 is 16.4 Å². The minimum Gasteiger partial charge on any atom is -0.351 e. The first kappa shape index (κ1) is 18.5. The average molecular weight is 339 g/mol. The van der Waals surface area contributed by atoms with Crippen molar-refractivity contribution in [1.82, 2.24) is 0 Å². The number of carbonyl (C=O) groups is 2. The van der Waals surface area contributed by atoms with Gasteiger partial charge >= 0.3 is 6.03 Å². The first-order chi connectivity index (χ1) is 11.8. The SMILES string of the molecule is CC(C)c1ccc(NC(=O)c2cccc(NC(N)=O)c2)c(C(C)C)c1. The molecular weight excluding hydrogens is 314 g/mol. The predicted octanol–water partition coefficient (Wildman–Crippen LogP) is 4.68. The summed E-state index contributed by atoms with van der Waals surface area (Å²) in [6.07, 6.45) is 0. The number of primary amides is 1. The van der Waals surface area contributed by atoms with Gasteiger partial charge in [0.25, 0.3) is 5.91 Å². The van der Waals surface area contributed by atoms with E-state index in [0.717, 1.165) is 11.3 Å². The Balaban J connectivity index is 2.27. The molecule has 132 valence electrons. The fourth-order valence-electron chi connectivity index (χ4n) is 2.61. The third-order valence-electron chi connectivity index (χ3n) is 4.00. The number of nitrogens with one attached hydrogen (secondary N) is 2.